The van der Waals surface area contributed by atoms with Gasteiger partial charge in [-0.3, -0.25) is 0 Å². The minimum Gasteiger partial charge on any atom is -0.384 e. The Kier molecular flexibility index (Phi) is 2.68. The molecule has 0 bridgehead atoms. The van der Waals surface area contributed by atoms with Crippen molar-refractivity contribution in [3.05, 3.63) is 23.9 Å². The number of nitrogen functional groups attached to an aromatic ring is 1. The first kappa shape index (κ1) is 9.46. The van der Waals surface area contributed by atoms with Gasteiger partial charge in [-0.25, -0.2) is 4.98 Å². The molecule has 1 saturated heterocycles. The Morgan fingerprint density at radius 1 is 1.50 bits per heavy atom. The molecule has 2 heterocycles. The summed E-state index contributed by atoms with van der Waals surface area (Å²) in [5, 5.41) is 0. The Morgan fingerprint density at radius 3 is 3.07 bits per heavy atom. The van der Waals surface area contributed by atoms with Gasteiger partial charge in [0.25, 0.3) is 0 Å². The molecule has 3 nitrogen and oxygen atoms in total. The Bertz CT molecular complexity index is 314. The van der Waals surface area contributed by atoms with E-state index in [1.54, 1.807) is 0 Å². The maximum atomic E-state index is 5.66. The molecule has 0 saturated carbocycles. The van der Waals surface area contributed by atoms with Gasteiger partial charge in [0.1, 0.15) is 5.82 Å². The number of aromatic nitrogens is 1. The van der Waals surface area contributed by atoms with Gasteiger partial charge in [-0.2, -0.15) is 0 Å². The van der Waals surface area contributed by atoms with Crippen molar-refractivity contribution in [3.63, 3.8) is 0 Å². The number of nitrogens with zero attached hydrogens (tertiary/aromatic N) is 1. The van der Waals surface area contributed by atoms with Crippen LogP contribution in [0, 0.1) is 0 Å². The average molecular weight is 192 g/mol. The maximum Gasteiger partial charge on any atom is 0.123 e. The van der Waals surface area contributed by atoms with Crippen molar-refractivity contribution in [2.75, 3.05) is 12.3 Å². The van der Waals surface area contributed by atoms with Crippen molar-refractivity contribution in [1.82, 2.24) is 4.98 Å². The SMILES string of the molecule is CC1CC(c2cccc(N)n2)CCO1. The predicted molar refractivity (Wildman–Crippen MR) is 56.0 cm³/mol. The molecule has 1 aliphatic rings. The average Bonchev–Trinajstić information content (AvgIpc) is 2.18. The van der Waals surface area contributed by atoms with E-state index in [2.05, 4.69) is 18.0 Å². The Labute approximate surface area is 84.3 Å². The zero-order valence-corrected chi connectivity index (χ0v) is 8.44. The van der Waals surface area contributed by atoms with Gasteiger partial charge in [-0.1, -0.05) is 6.07 Å². The van der Waals surface area contributed by atoms with Crippen LogP contribution in [-0.2, 0) is 4.74 Å². The normalized spacial score (nSPS) is 27.5. The maximum absolute atomic E-state index is 5.66. The number of nitrogens with two attached hydrogens (primary N) is 1. The summed E-state index contributed by atoms with van der Waals surface area (Å²) in [5.41, 5.74) is 6.77. The van der Waals surface area contributed by atoms with Crippen molar-refractivity contribution in [3.8, 4) is 0 Å². The molecule has 14 heavy (non-hydrogen) atoms. The van der Waals surface area contributed by atoms with Gasteiger partial charge in [-0.05, 0) is 31.9 Å². The third kappa shape index (κ3) is 2.04. The number of rotatable bonds is 1. The molecule has 0 amide bonds. The van der Waals surface area contributed by atoms with Crippen molar-refractivity contribution in [2.45, 2.75) is 31.8 Å². The van der Waals surface area contributed by atoms with Crippen LogP contribution in [-0.4, -0.2) is 17.7 Å². The summed E-state index contributed by atoms with van der Waals surface area (Å²) in [4.78, 5) is 4.35. The van der Waals surface area contributed by atoms with Gasteiger partial charge in [0.05, 0.1) is 6.10 Å². The van der Waals surface area contributed by atoms with E-state index in [4.69, 9.17) is 10.5 Å². The first-order valence-corrected chi connectivity index (χ1v) is 5.10. The van der Waals surface area contributed by atoms with Crippen molar-refractivity contribution in [1.29, 1.82) is 0 Å². The first-order valence-electron chi connectivity index (χ1n) is 5.10. The van der Waals surface area contributed by atoms with Crippen molar-refractivity contribution >= 4 is 5.82 Å². The Morgan fingerprint density at radius 2 is 2.36 bits per heavy atom. The molecule has 1 aliphatic heterocycles. The fourth-order valence-corrected chi connectivity index (χ4v) is 1.96. The third-order valence-electron chi connectivity index (χ3n) is 2.70. The summed E-state index contributed by atoms with van der Waals surface area (Å²) >= 11 is 0. The minimum absolute atomic E-state index is 0.344. The van der Waals surface area contributed by atoms with Crippen LogP contribution in [0.15, 0.2) is 18.2 Å². The summed E-state index contributed by atoms with van der Waals surface area (Å²) < 4.78 is 5.50. The molecule has 0 aromatic carbocycles. The first-order chi connectivity index (χ1) is 6.75. The summed E-state index contributed by atoms with van der Waals surface area (Å²) in [6.45, 7) is 2.95. The smallest absolute Gasteiger partial charge is 0.123 e. The number of hydrogen-bond acceptors (Lipinski definition) is 3. The highest BCUT2D eigenvalue weighted by molar-refractivity contribution is 5.30. The molecular formula is C11H16N2O. The van der Waals surface area contributed by atoms with Gasteiger partial charge < -0.3 is 10.5 Å². The van der Waals surface area contributed by atoms with Gasteiger partial charge in [0.2, 0.25) is 0 Å². The molecule has 76 valence electrons. The van der Waals surface area contributed by atoms with Gasteiger partial charge in [0.15, 0.2) is 0 Å². The van der Waals surface area contributed by atoms with Crippen LogP contribution in [0.4, 0.5) is 5.82 Å². The van der Waals surface area contributed by atoms with E-state index in [9.17, 15) is 0 Å². The highest BCUT2D eigenvalue weighted by Gasteiger charge is 2.21. The molecule has 0 aliphatic carbocycles. The molecular weight excluding hydrogens is 176 g/mol. The number of ether oxygens (including phenoxy) is 1. The van der Waals surface area contributed by atoms with Crippen LogP contribution < -0.4 is 5.73 Å². The summed E-state index contributed by atoms with van der Waals surface area (Å²) in [5.74, 6) is 1.13. The van der Waals surface area contributed by atoms with Crippen LogP contribution in [0.3, 0.4) is 0 Å². The molecule has 1 aromatic rings. The molecule has 2 N–H and O–H groups in total. The Hall–Kier alpha value is -1.09. The van der Waals surface area contributed by atoms with Gasteiger partial charge in [0, 0.05) is 18.2 Å². The van der Waals surface area contributed by atoms with Crippen LogP contribution in [0.25, 0.3) is 0 Å². The molecule has 1 fully saturated rings. The lowest BCUT2D eigenvalue weighted by Gasteiger charge is -2.26. The number of hydrogen-bond donors (Lipinski definition) is 1. The lowest BCUT2D eigenvalue weighted by molar-refractivity contribution is 0.0180. The third-order valence-corrected chi connectivity index (χ3v) is 2.70. The van der Waals surface area contributed by atoms with E-state index < -0.39 is 0 Å². The molecule has 1 aromatic heterocycles. The summed E-state index contributed by atoms with van der Waals surface area (Å²) in [7, 11) is 0. The highest BCUT2D eigenvalue weighted by atomic mass is 16.5. The minimum atomic E-state index is 0.344. The molecule has 2 atom stereocenters. The number of anilines is 1. The second kappa shape index (κ2) is 3.96. The van der Waals surface area contributed by atoms with E-state index >= 15 is 0 Å². The molecule has 2 unspecified atom stereocenters. The molecule has 2 rings (SSSR count). The zero-order chi connectivity index (χ0) is 9.97. The topological polar surface area (TPSA) is 48.1 Å². The second-order valence-electron chi connectivity index (χ2n) is 3.89. The second-order valence-corrected chi connectivity index (χ2v) is 3.89. The van der Waals surface area contributed by atoms with E-state index in [-0.39, 0.29) is 0 Å². The van der Waals surface area contributed by atoms with Gasteiger partial charge in [-0.15, -0.1) is 0 Å². The monoisotopic (exact) mass is 192 g/mol. The molecule has 3 heteroatoms. The molecule has 0 radical (unpaired) electrons. The van der Waals surface area contributed by atoms with E-state index in [0.717, 1.165) is 25.1 Å². The quantitative estimate of drug-likeness (QED) is 0.739. The van der Waals surface area contributed by atoms with Crippen molar-refractivity contribution < 1.29 is 4.74 Å². The molecule has 0 spiro atoms. The van der Waals surface area contributed by atoms with Crippen LogP contribution >= 0.6 is 0 Å². The fraction of sp³-hybridized carbons (Fsp3) is 0.545. The van der Waals surface area contributed by atoms with E-state index in [1.807, 2.05) is 12.1 Å². The Balaban J connectivity index is 2.14. The summed E-state index contributed by atoms with van der Waals surface area (Å²) in [6, 6.07) is 5.85. The van der Waals surface area contributed by atoms with E-state index in [0.29, 0.717) is 17.8 Å². The summed E-state index contributed by atoms with van der Waals surface area (Å²) in [6.07, 6.45) is 2.45. The van der Waals surface area contributed by atoms with Crippen LogP contribution in [0.5, 0.6) is 0 Å². The van der Waals surface area contributed by atoms with Crippen molar-refractivity contribution in [2.24, 2.45) is 0 Å². The standard InChI is InChI=1S/C11H16N2O/c1-8-7-9(5-6-14-8)10-3-2-4-11(12)13-10/h2-4,8-9H,5-7H2,1H3,(H2,12,13). The lowest BCUT2D eigenvalue weighted by Crippen LogP contribution is -2.22. The lowest BCUT2D eigenvalue weighted by atomic mass is 9.92. The number of pyridine rings is 1. The fourth-order valence-electron chi connectivity index (χ4n) is 1.96. The largest absolute Gasteiger partial charge is 0.384 e. The van der Waals surface area contributed by atoms with Gasteiger partial charge >= 0.3 is 0 Å². The van der Waals surface area contributed by atoms with Crippen LogP contribution in [0.1, 0.15) is 31.4 Å². The zero-order valence-electron chi connectivity index (χ0n) is 8.44. The predicted octanol–water partition coefficient (Wildman–Crippen LogP) is 1.95. The van der Waals surface area contributed by atoms with E-state index in [1.165, 1.54) is 0 Å². The highest BCUT2D eigenvalue weighted by Crippen LogP contribution is 2.28. The van der Waals surface area contributed by atoms with Crippen LogP contribution in [0.2, 0.25) is 0 Å².